The molecule has 0 aromatic carbocycles. The van der Waals surface area contributed by atoms with Gasteiger partial charge in [-0.2, -0.15) is 0 Å². The van der Waals surface area contributed by atoms with E-state index in [1.807, 2.05) is 0 Å². The first-order chi connectivity index (χ1) is 6.33. The number of hydrogen-bond donors (Lipinski definition) is 1. The Morgan fingerprint density at radius 1 is 1.31 bits per heavy atom. The maximum atomic E-state index is 5.59. The third-order valence-corrected chi connectivity index (χ3v) is 2.95. The molecule has 3 heteroatoms. The van der Waals surface area contributed by atoms with Crippen molar-refractivity contribution in [1.29, 1.82) is 0 Å². The van der Waals surface area contributed by atoms with Crippen LogP contribution < -0.4 is 5.73 Å². The standard InChI is InChI=1S/C10H18N2S/c1-2-3-4-5-6-7-10-12-8-9(11)13-10/h8H,2-7,11H2,1H3. The molecule has 1 rings (SSSR count). The first-order valence-electron chi connectivity index (χ1n) is 5.03. The number of aromatic nitrogens is 1. The lowest BCUT2D eigenvalue weighted by atomic mass is 10.1. The maximum Gasteiger partial charge on any atom is 0.106 e. The smallest absolute Gasteiger partial charge is 0.106 e. The first kappa shape index (κ1) is 10.5. The molecule has 0 amide bonds. The molecular weight excluding hydrogens is 180 g/mol. The Bertz CT molecular complexity index is 233. The fourth-order valence-corrected chi connectivity index (χ4v) is 2.05. The number of nitrogens with zero attached hydrogens (tertiary/aromatic N) is 1. The van der Waals surface area contributed by atoms with Crippen LogP contribution in [0, 0.1) is 0 Å². The minimum Gasteiger partial charge on any atom is -0.389 e. The first-order valence-corrected chi connectivity index (χ1v) is 5.84. The van der Waals surface area contributed by atoms with Crippen LogP contribution in [0.3, 0.4) is 0 Å². The van der Waals surface area contributed by atoms with E-state index in [1.54, 1.807) is 17.5 Å². The highest BCUT2D eigenvalue weighted by molar-refractivity contribution is 7.15. The van der Waals surface area contributed by atoms with Gasteiger partial charge in [-0.15, -0.1) is 11.3 Å². The lowest BCUT2D eigenvalue weighted by Crippen LogP contribution is -1.83. The normalized spacial score (nSPS) is 10.5. The molecule has 0 fully saturated rings. The van der Waals surface area contributed by atoms with Crippen LogP contribution in [0.25, 0.3) is 0 Å². The van der Waals surface area contributed by atoms with Gasteiger partial charge >= 0.3 is 0 Å². The van der Waals surface area contributed by atoms with Crippen LogP contribution in [-0.2, 0) is 6.42 Å². The van der Waals surface area contributed by atoms with Gasteiger partial charge in [-0.3, -0.25) is 0 Å². The van der Waals surface area contributed by atoms with E-state index < -0.39 is 0 Å². The van der Waals surface area contributed by atoms with Crippen molar-refractivity contribution in [1.82, 2.24) is 4.98 Å². The summed E-state index contributed by atoms with van der Waals surface area (Å²) in [7, 11) is 0. The minimum atomic E-state index is 0.837. The van der Waals surface area contributed by atoms with Crippen LogP contribution in [0.15, 0.2) is 6.20 Å². The molecule has 1 aromatic heterocycles. The molecule has 0 saturated heterocycles. The molecule has 2 nitrogen and oxygen atoms in total. The summed E-state index contributed by atoms with van der Waals surface area (Å²) in [4.78, 5) is 4.23. The highest BCUT2D eigenvalue weighted by atomic mass is 32.1. The molecule has 0 atom stereocenters. The van der Waals surface area contributed by atoms with Crippen LogP contribution in [-0.4, -0.2) is 4.98 Å². The lowest BCUT2D eigenvalue weighted by Gasteiger charge is -1.96. The summed E-state index contributed by atoms with van der Waals surface area (Å²) in [6, 6.07) is 0. The van der Waals surface area contributed by atoms with Crippen LogP contribution in [0.4, 0.5) is 5.00 Å². The number of hydrogen-bond acceptors (Lipinski definition) is 3. The topological polar surface area (TPSA) is 38.9 Å². The zero-order chi connectivity index (χ0) is 9.52. The average molecular weight is 198 g/mol. The highest BCUT2D eigenvalue weighted by Gasteiger charge is 1.98. The summed E-state index contributed by atoms with van der Waals surface area (Å²) in [6.45, 7) is 2.24. The van der Waals surface area contributed by atoms with Crippen molar-refractivity contribution in [3.63, 3.8) is 0 Å². The van der Waals surface area contributed by atoms with E-state index in [9.17, 15) is 0 Å². The molecule has 0 radical (unpaired) electrons. The van der Waals surface area contributed by atoms with E-state index in [-0.39, 0.29) is 0 Å². The van der Waals surface area contributed by atoms with Gasteiger partial charge in [-0.05, 0) is 12.8 Å². The third kappa shape index (κ3) is 4.27. The van der Waals surface area contributed by atoms with Gasteiger partial charge in [0.15, 0.2) is 0 Å². The Morgan fingerprint density at radius 2 is 2.08 bits per heavy atom. The summed E-state index contributed by atoms with van der Waals surface area (Å²) >= 11 is 1.62. The molecule has 13 heavy (non-hydrogen) atoms. The molecule has 1 aromatic rings. The second kappa shape index (κ2) is 5.97. The Labute approximate surface area is 84.2 Å². The fourth-order valence-electron chi connectivity index (χ4n) is 1.32. The van der Waals surface area contributed by atoms with Crippen molar-refractivity contribution in [3.05, 3.63) is 11.2 Å². The predicted octanol–water partition coefficient (Wildman–Crippen LogP) is 3.24. The van der Waals surface area contributed by atoms with Crippen molar-refractivity contribution >= 4 is 16.3 Å². The summed E-state index contributed by atoms with van der Waals surface area (Å²) in [6.07, 6.45) is 9.47. The van der Waals surface area contributed by atoms with Crippen LogP contribution in [0.1, 0.15) is 44.0 Å². The van der Waals surface area contributed by atoms with E-state index in [2.05, 4.69) is 11.9 Å². The summed E-state index contributed by atoms with van der Waals surface area (Å²) in [5.74, 6) is 0. The Morgan fingerprint density at radius 3 is 2.69 bits per heavy atom. The van der Waals surface area contributed by atoms with Gasteiger partial charge in [-0.25, -0.2) is 4.98 Å². The van der Waals surface area contributed by atoms with Crippen molar-refractivity contribution in [2.75, 3.05) is 5.73 Å². The maximum absolute atomic E-state index is 5.59. The molecule has 0 aliphatic carbocycles. The fraction of sp³-hybridized carbons (Fsp3) is 0.700. The lowest BCUT2D eigenvalue weighted by molar-refractivity contribution is 0.631. The molecule has 1 heterocycles. The Kier molecular flexibility index (Phi) is 4.83. The number of unbranched alkanes of at least 4 members (excludes halogenated alkanes) is 4. The highest BCUT2D eigenvalue weighted by Crippen LogP contribution is 2.17. The number of rotatable bonds is 6. The Hall–Kier alpha value is -0.570. The van der Waals surface area contributed by atoms with E-state index in [1.165, 1.54) is 37.1 Å². The monoisotopic (exact) mass is 198 g/mol. The quantitative estimate of drug-likeness (QED) is 0.713. The van der Waals surface area contributed by atoms with Gasteiger partial charge in [0, 0.05) is 0 Å². The average Bonchev–Trinajstić information content (AvgIpc) is 2.51. The van der Waals surface area contributed by atoms with Crippen molar-refractivity contribution in [2.45, 2.75) is 45.4 Å². The molecule has 0 bridgehead atoms. The number of aryl methyl sites for hydroxylation is 1. The van der Waals surface area contributed by atoms with E-state index in [0.29, 0.717) is 0 Å². The number of thiazole rings is 1. The number of nitrogens with two attached hydrogens (primary N) is 1. The Balaban J connectivity index is 2.06. The van der Waals surface area contributed by atoms with Gasteiger partial charge in [0.1, 0.15) is 5.00 Å². The van der Waals surface area contributed by atoms with E-state index in [4.69, 9.17) is 5.73 Å². The molecule has 0 saturated carbocycles. The molecular formula is C10H18N2S. The molecule has 0 aliphatic rings. The summed E-state index contributed by atoms with van der Waals surface area (Å²) < 4.78 is 0. The van der Waals surface area contributed by atoms with Crippen LogP contribution in [0.5, 0.6) is 0 Å². The molecule has 74 valence electrons. The largest absolute Gasteiger partial charge is 0.389 e. The second-order valence-corrected chi connectivity index (χ2v) is 4.47. The zero-order valence-electron chi connectivity index (χ0n) is 8.25. The van der Waals surface area contributed by atoms with Gasteiger partial charge in [0.25, 0.3) is 0 Å². The summed E-state index contributed by atoms with van der Waals surface area (Å²) in [5.41, 5.74) is 5.59. The molecule has 0 unspecified atom stereocenters. The molecule has 0 aliphatic heterocycles. The van der Waals surface area contributed by atoms with Crippen LogP contribution in [0.2, 0.25) is 0 Å². The van der Waals surface area contributed by atoms with Gasteiger partial charge < -0.3 is 5.73 Å². The van der Waals surface area contributed by atoms with Crippen molar-refractivity contribution < 1.29 is 0 Å². The van der Waals surface area contributed by atoms with Gasteiger partial charge in [0.2, 0.25) is 0 Å². The van der Waals surface area contributed by atoms with Crippen molar-refractivity contribution in [2.24, 2.45) is 0 Å². The zero-order valence-corrected chi connectivity index (χ0v) is 9.07. The molecule has 0 spiro atoms. The predicted molar refractivity (Wildman–Crippen MR) is 59.0 cm³/mol. The number of anilines is 1. The second-order valence-electron chi connectivity index (χ2n) is 3.32. The van der Waals surface area contributed by atoms with E-state index in [0.717, 1.165) is 11.4 Å². The summed E-state index contributed by atoms with van der Waals surface area (Å²) in [5, 5.41) is 2.03. The number of nitrogen functional groups attached to an aromatic ring is 1. The van der Waals surface area contributed by atoms with E-state index >= 15 is 0 Å². The SMILES string of the molecule is CCCCCCCc1ncc(N)s1. The van der Waals surface area contributed by atoms with Gasteiger partial charge in [-0.1, -0.05) is 32.6 Å². The third-order valence-electron chi connectivity index (χ3n) is 2.07. The minimum absolute atomic E-state index is 0.837. The van der Waals surface area contributed by atoms with Gasteiger partial charge in [0.05, 0.1) is 11.2 Å². The molecule has 2 N–H and O–H groups in total. The van der Waals surface area contributed by atoms with Crippen LogP contribution >= 0.6 is 11.3 Å². The van der Waals surface area contributed by atoms with Crippen molar-refractivity contribution in [3.8, 4) is 0 Å².